The maximum atomic E-state index is 12.8. The van der Waals surface area contributed by atoms with E-state index in [0.29, 0.717) is 22.6 Å². The van der Waals surface area contributed by atoms with E-state index in [4.69, 9.17) is 29.1 Å². The maximum Gasteiger partial charge on any atom is 0.413 e. The topological polar surface area (TPSA) is 155 Å². The molecule has 0 aliphatic heterocycles. The first-order chi connectivity index (χ1) is 20.8. The summed E-state index contributed by atoms with van der Waals surface area (Å²) >= 11 is 0. The van der Waals surface area contributed by atoms with Crippen molar-refractivity contribution in [3.8, 4) is 11.5 Å². The highest BCUT2D eigenvalue weighted by molar-refractivity contribution is 6.04. The summed E-state index contributed by atoms with van der Waals surface area (Å²) in [5, 5.41) is 10.7. The van der Waals surface area contributed by atoms with Gasteiger partial charge in [0.05, 0.1) is 19.7 Å². The lowest BCUT2D eigenvalue weighted by atomic mass is 10.1. The summed E-state index contributed by atoms with van der Waals surface area (Å²) in [6.07, 6.45) is 0.526. The lowest BCUT2D eigenvalue weighted by Crippen LogP contribution is -2.30. The first-order valence-corrected chi connectivity index (χ1v) is 13.0. The van der Waals surface area contributed by atoms with Crippen molar-refractivity contribution in [1.82, 2.24) is 9.88 Å². The third-order valence-corrected chi connectivity index (χ3v) is 6.19. The van der Waals surface area contributed by atoms with Crippen molar-refractivity contribution >= 4 is 34.8 Å². The minimum atomic E-state index is -0.814. The average Bonchev–Trinajstić information content (AvgIpc) is 3.03. The van der Waals surface area contributed by atoms with Crippen molar-refractivity contribution in [2.45, 2.75) is 13.2 Å². The lowest BCUT2D eigenvalue weighted by Gasteiger charge is -2.14. The lowest BCUT2D eigenvalue weighted by molar-refractivity contribution is -0.141. The number of pyridine rings is 1. The molecule has 0 spiro atoms. The van der Waals surface area contributed by atoms with E-state index in [2.05, 4.69) is 5.32 Å². The van der Waals surface area contributed by atoms with Gasteiger partial charge in [0.1, 0.15) is 49.3 Å². The van der Waals surface area contributed by atoms with Crippen LogP contribution in [0.25, 0.3) is 10.9 Å². The normalized spacial score (nSPS) is 10.5. The molecule has 12 heteroatoms. The van der Waals surface area contributed by atoms with Crippen molar-refractivity contribution in [3.05, 3.63) is 106 Å². The quantitative estimate of drug-likeness (QED) is 0.0879. The number of amidine groups is 1. The van der Waals surface area contributed by atoms with Crippen molar-refractivity contribution in [3.63, 3.8) is 0 Å². The monoisotopic (exact) mass is 587 g/mol. The first-order valence-electron chi connectivity index (χ1n) is 13.0. The maximum absolute atomic E-state index is 12.8. The molecule has 0 aliphatic carbocycles. The Bertz CT molecular complexity index is 1680. The fourth-order valence-electron chi connectivity index (χ4n) is 4.02. The molecule has 1 heterocycles. The van der Waals surface area contributed by atoms with Crippen LogP contribution < -0.4 is 20.2 Å². The van der Waals surface area contributed by atoms with Crippen LogP contribution in [0.2, 0.25) is 0 Å². The zero-order valence-corrected chi connectivity index (χ0v) is 23.5. The molecule has 0 bridgehead atoms. The molecule has 4 rings (SSSR count). The third-order valence-electron chi connectivity index (χ3n) is 6.19. The van der Waals surface area contributed by atoms with Crippen LogP contribution in [0.4, 0.5) is 4.79 Å². The van der Waals surface area contributed by atoms with E-state index in [1.807, 2.05) is 30.3 Å². The van der Waals surface area contributed by atoms with E-state index in [9.17, 15) is 19.2 Å². The Morgan fingerprint density at radius 1 is 0.860 bits per heavy atom. The molecule has 2 N–H and O–H groups in total. The predicted molar refractivity (Wildman–Crippen MR) is 156 cm³/mol. The number of hydrogen-bond acceptors (Lipinski definition) is 10. The van der Waals surface area contributed by atoms with Gasteiger partial charge in [-0.3, -0.25) is 20.3 Å². The van der Waals surface area contributed by atoms with Gasteiger partial charge in [-0.05, 0) is 42.0 Å². The molecular weight excluding hydrogens is 558 g/mol. The SMILES string of the molecule is COC(=O)Cn1cc(C(=O)OC)c(=O)c2ccc(OCCOc3ccc(C(=N)NC(=O)OCc4ccccc4)cc3)cc21. The van der Waals surface area contributed by atoms with E-state index in [0.717, 1.165) is 5.56 Å². The van der Waals surface area contributed by atoms with Gasteiger partial charge in [-0.15, -0.1) is 0 Å². The number of aromatic nitrogens is 1. The molecule has 3 aromatic carbocycles. The van der Waals surface area contributed by atoms with Gasteiger partial charge in [0.25, 0.3) is 0 Å². The highest BCUT2D eigenvalue weighted by atomic mass is 16.5. The smallest absolute Gasteiger partial charge is 0.413 e. The molecular formula is C31H29N3O9. The molecule has 0 atom stereocenters. The van der Waals surface area contributed by atoms with Gasteiger partial charge in [-0.1, -0.05) is 30.3 Å². The fourth-order valence-corrected chi connectivity index (χ4v) is 4.02. The fraction of sp³-hybridized carbons (Fsp3) is 0.194. The van der Waals surface area contributed by atoms with Crippen LogP contribution >= 0.6 is 0 Å². The van der Waals surface area contributed by atoms with E-state index in [1.165, 1.54) is 31.0 Å². The van der Waals surface area contributed by atoms with Gasteiger partial charge in [0, 0.05) is 23.2 Å². The Kier molecular flexibility index (Phi) is 10.1. The van der Waals surface area contributed by atoms with Crippen LogP contribution in [-0.4, -0.2) is 55.9 Å². The third kappa shape index (κ3) is 7.97. The number of rotatable bonds is 11. The molecule has 4 aromatic rings. The summed E-state index contributed by atoms with van der Waals surface area (Å²) in [7, 11) is 2.40. The van der Waals surface area contributed by atoms with Gasteiger partial charge in [-0.2, -0.15) is 0 Å². The molecule has 0 unspecified atom stereocenters. The summed E-state index contributed by atoms with van der Waals surface area (Å²) in [4.78, 5) is 48.9. The molecule has 0 saturated heterocycles. The van der Waals surface area contributed by atoms with E-state index < -0.39 is 23.5 Å². The zero-order chi connectivity index (χ0) is 30.8. The summed E-state index contributed by atoms with van der Waals surface area (Å²) in [5.41, 5.74) is 0.930. The van der Waals surface area contributed by atoms with Gasteiger partial charge in [-0.25, -0.2) is 9.59 Å². The van der Waals surface area contributed by atoms with Gasteiger partial charge < -0.3 is 28.3 Å². The zero-order valence-electron chi connectivity index (χ0n) is 23.5. The number of esters is 2. The number of fused-ring (bicyclic) bond motifs is 1. The highest BCUT2D eigenvalue weighted by Crippen LogP contribution is 2.21. The summed E-state index contributed by atoms with van der Waals surface area (Å²) in [6.45, 7) is 0.188. The minimum absolute atomic E-state index is 0.0947. The predicted octanol–water partition coefficient (Wildman–Crippen LogP) is 3.67. The van der Waals surface area contributed by atoms with Crippen molar-refractivity contribution in [2.24, 2.45) is 0 Å². The average molecular weight is 588 g/mol. The standard InChI is InChI=1S/C31H29N3O9/c1-39-27(35)18-34-17-25(30(37)40-2)28(36)24-13-12-23(16-26(24)34)42-15-14-41-22-10-8-21(9-11-22)29(32)33-31(38)43-19-20-6-4-3-5-7-20/h3-13,16-17H,14-15,18-19H2,1-2H3,(H2,32,33,38). The summed E-state index contributed by atoms with van der Waals surface area (Å²) in [6, 6.07) is 20.4. The van der Waals surface area contributed by atoms with Crippen molar-refractivity contribution in [1.29, 1.82) is 5.41 Å². The Balaban J connectivity index is 1.32. The Hall–Kier alpha value is -5.65. The number of hydrogen-bond donors (Lipinski definition) is 2. The number of amides is 1. The second kappa shape index (κ2) is 14.3. The Morgan fingerprint density at radius 2 is 1.53 bits per heavy atom. The summed E-state index contributed by atoms with van der Waals surface area (Å²) < 4.78 is 27.5. The van der Waals surface area contributed by atoms with E-state index in [1.54, 1.807) is 36.4 Å². The van der Waals surface area contributed by atoms with Crippen molar-refractivity contribution < 1.29 is 38.1 Å². The Labute approximate surface area is 246 Å². The number of nitrogens with one attached hydrogen (secondary N) is 2. The number of carbonyl (C=O) groups excluding carboxylic acids is 3. The van der Waals surface area contributed by atoms with Crippen LogP contribution in [0, 0.1) is 5.41 Å². The van der Waals surface area contributed by atoms with Gasteiger partial charge >= 0.3 is 18.0 Å². The van der Waals surface area contributed by atoms with E-state index >= 15 is 0 Å². The second-order valence-corrected chi connectivity index (χ2v) is 9.03. The Morgan fingerprint density at radius 3 is 2.21 bits per heavy atom. The molecule has 43 heavy (non-hydrogen) atoms. The summed E-state index contributed by atoms with van der Waals surface area (Å²) in [5.74, 6) is -0.568. The molecule has 12 nitrogen and oxygen atoms in total. The number of methoxy groups -OCH3 is 2. The van der Waals surface area contributed by atoms with Gasteiger partial charge in [0.2, 0.25) is 5.43 Å². The molecule has 0 radical (unpaired) electrons. The van der Waals surface area contributed by atoms with E-state index in [-0.39, 0.29) is 43.2 Å². The van der Waals surface area contributed by atoms with Crippen LogP contribution in [0.3, 0.4) is 0 Å². The largest absolute Gasteiger partial charge is 0.490 e. The second-order valence-electron chi connectivity index (χ2n) is 9.03. The minimum Gasteiger partial charge on any atom is -0.490 e. The molecule has 0 fully saturated rings. The van der Waals surface area contributed by atoms with Crippen molar-refractivity contribution in [2.75, 3.05) is 27.4 Å². The molecule has 0 saturated carbocycles. The molecule has 222 valence electrons. The number of ether oxygens (including phenoxy) is 5. The number of carbonyl (C=O) groups is 3. The number of benzene rings is 3. The van der Waals surface area contributed by atoms with Gasteiger partial charge in [0.15, 0.2) is 0 Å². The molecule has 1 amide bonds. The van der Waals surface area contributed by atoms with Crippen LogP contribution in [0.15, 0.2) is 83.8 Å². The number of alkyl carbamates (subject to hydrolysis) is 1. The van der Waals surface area contributed by atoms with Crippen LogP contribution in [-0.2, 0) is 32.2 Å². The molecule has 1 aromatic heterocycles. The first kappa shape index (κ1) is 30.3. The van der Waals surface area contributed by atoms with Crippen LogP contribution in [0.1, 0.15) is 21.5 Å². The van der Waals surface area contributed by atoms with Crippen LogP contribution in [0.5, 0.6) is 11.5 Å². The highest BCUT2D eigenvalue weighted by Gasteiger charge is 2.18. The number of nitrogens with zero attached hydrogens (tertiary/aromatic N) is 1. The molecule has 0 aliphatic rings.